The summed E-state index contributed by atoms with van der Waals surface area (Å²) in [5.41, 5.74) is 1.15. The normalized spacial score (nSPS) is 22.3. The van der Waals surface area contributed by atoms with E-state index in [1.165, 1.54) is 0 Å². The van der Waals surface area contributed by atoms with E-state index in [1.807, 2.05) is 24.3 Å². The fourth-order valence-corrected chi connectivity index (χ4v) is 3.92. The van der Waals surface area contributed by atoms with Crippen LogP contribution in [-0.4, -0.2) is 6.10 Å². The molecule has 1 aliphatic rings. The third-order valence-electron chi connectivity index (χ3n) is 5.24. The van der Waals surface area contributed by atoms with Crippen LogP contribution in [0.4, 0.5) is 8.78 Å². The minimum atomic E-state index is -2.54. The average molecular weight is 411 g/mol. The van der Waals surface area contributed by atoms with Crippen LogP contribution in [0.5, 0.6) is 5.75 Å². The smallest absolute Gasteiger partial charge is 0.268 e. The van der Waals surface area contributed by atoms with E-state index in [0.29, 0.717) is 17.1 Å². The van der Waals surface area contributed by atoms with Gasteiger partial charge in [-0.05, 0) is 60.4 Å². The van der Waals surface area contributed by atoms with Gasteiger partial charge < -0.3 is 4.74 Å². The Bertz CT molecular complexity index is 723. The van der Waals surface area contributed by atoms with E-state index in [0.717, 1.165) is 43.1 Å². The van der Waals surface area contributed by atoms with Gasteiger partial charge in [-0.25, -0.2) is 8.78 Å². The van der Waals surface area contributed by atoms with E-state index in [2.05, 4.69) is 29.8 Å². The maximum absolute atomic E-state index is 13.8. The van der Waals surface area contributed by atoms with Crippen molar-refractivity contribution in [1.29, 1.82) is 0 Å². The molecule has 1 saturated carbocycles. The summed E-state index contributed by atoms with van der Waals surface area (Å²) < 4.78 is 33.6. The molecule has 0 aromatic heterocycles. The third-order valence-corrected chi connectivity index (χ3v) is 6.42. The molecule has 1 unspecified atom stereocenters. The SMILES string of the molecule is CCC(Br)c1ccc2c(C(F)F)c(OC3CCC(C)CC3)ccc2c1. The molecule has 1 fully saturated rings. The highest BCUT2D eigenvalue weighted by Crippen LogP contribution is 2.39. The summed E-state index contributed by atoms with van der Waals surface area (Å²) in [6.07, 6.45) is 2.57. The van der Waals surface area contributed by atoms with Crippen LogP contribution >= 0.6 is 15.9 Å². The molecule has 0 heterocycles. The molecule has 0 N–H and O–H groups in total. The second-order valence-electron chi connectivity index (χ2n) is 7.13. The second-order valence-corrected chi connectivity index (χ2v) is 8.24. The van der Waals surface area contributed by atoms with Gasteiger partial charge in [0.2, 0.25) is 0 Å². The molecule has 0 bridgehead atoms. The Labute approximate surface area is 156 Å². The van der Waals surface area contributed by atoms with Gasteiger partial charge in [0.15, 0.2) is 0 Å². The Kier molecular flexibility index (Phi) is 5.98. The molecule has 2 aromatic rings. The summed E-state index contributed by atoms with van der Waals surface area (Å²) in [6.45, 7) is 4.33. The van der Waals surface area contributed by atoms with Crippen LogP contribution in [-0.2, 0) is 0 Å². The first-order chi connectivity index (χ1) is 12.0. The predicted molar refractivity (Wildman–Crippen MR) is 103 cm³/mol. The van der Waals surface area contributed by atoms with Crippen molar-refractivity contribution in [1.82, 2.24) is 0 Å². The number of benzene rings is 2. The van der Waals surface area contributed by atoms with E-state index in [9.17, 15) is 8.78 Å². The number of alkyl halides is 3. The molecule has 3 rings (SSSR count). The summed E-state index contributed by atoms with van der Waals surface area (Å²) in [6, 6.07) is 9.37. The predicted octanol–water partition coefficient (Wildman–Crippen LogP) is 7.58. The lowest BCUT2D eigenvalue weighted by Crippen LogP contribution is -2.23. The molecule has 0 amide bonds. The van der Waals surface area contributed by atoms with Crippen molar-refractivity contribution < 1.29 is 13.5 Å². The van der Waals surface area contributed by atoms with Gasteiger partial charge in [0.1, 0.15) is 5.75 Å². The molecule has 0 aliphatic heterocycles. The molecule has 1 aliphatic carbocycles. The molecule has 1 nitrogen and oxygen atoms in total. The molecule has 136 valence electrons. The fourth-order valence-electron chi connectivity index (χ4n) is 3.64. The number of hydrogen-bond acceptors (Lipinski definition) is 1. The van der Waals surface area contributed by atoms with Crippen molar-refractivity contribution in [3.05, 3.63) is 41.5 Å². The Balaban J connectivity index is 1.94. The van der Waals surface area contributed by atoms with Gasteiger partial charge in [-0.1, -0.05) is 54.0 Å². The monoisotopic (exact) mass is 410 g/mol. The number of rotatable bonds is 5. The lowest BCUT2D eigenvalue weighted by molar-refractivity contribution is 0.116. The zero-order valence-corrected chi connectivity index (χ0v) is 16.4. The van der Waals surface area contributed by atoms with Gasteiger partial charge in [-0.2, -0.15) is 0 Å². The van der Waals surface area contributed by atoms with Crippen LogP contribution in [0.25, 0.3) is 10.8 Å². The minimum absolute atomic E-state index is 0.0327. The van der Waals surface area contributed by atoms with Gasteiger partial charge in [-0.3, -0.25) is 0 Å². The van der Waals surface area contributed by atoms with Crippen LogP contribution in [0.15, 0.2) is 30.3 Å². The van der Waals surface area contributed by atoms with Crippen molar-refractivity contribution in [2.45, 2.75) is 63.3 Å². The van der Waals surface area contributed by atoms with Crippen LogP contribution < -0.4 is 4.74 Å². The lowest BCUT2D eigenvalue weighted by Gasteiger charge is -2.28. The Morgan fingerprint density at radius 2 is 1.84 bits per heavy atom. The van der Waals surface area contributed by atoms with Crippen molar-refractivity contribution >= 4 is 26.7 Å². The molecule has 0 saturated heterocycles. The Hall–Kier alpha value is -1.16. The van der Waals surface area contributed by atoms with Crippen LogP contribution in [0.3, 0.4) is 0 Å². The fraction of sp³-hybridized carbons (Fsp3) is 0.524. The number of halogens is 3. The first kappa shape index (κ1) is 18.6. The van der Waals surface area contributed by atoms with E-state index < -0.39 is 6.43 Å². The zero-order valence-electron chi connectivity index (χ0n) is 14.8. The quantitative estimate of drug-likeness (QED) is 0.461. The zero-order chi connectivity index (χ0) is 18.0. The van der Waals surface area contributed by atoms with Crippen molar-refractivity contribution in [2.24, 2.45) is 5.92 Å². The van der Waals surface area contributed by atoms with Gasteiger partial charge >= 0.3 is 0 Å². The molecular formula is C21H25BrF2O. The van der Waals surface area contributed by atoms with Crippen molar-refractivity contribution in [2.75, 3.05) is 0 Å². The topological polar surface area (TPSA) is 9.23 Å². The van der Waals surface area contributed by atoms with Gasteiger partial charge in [0.05, 0.1) is 11.7 Å². The highest BCUT2D eigenvalue weighted by atomic mass is 79.9. The van der Waals surface area contributed by atoms with E-state index in [4.69, 9.17) is 4.74 Å². The average Bonchev–Trinajstić information content (AvgIpc) is 2.62. The molecule has 4 heteroatoms. The highest BCUT2D eigenvalue weighted by Gasteiger charge is 2.24. The highest BCUT2D eigenvalue weighted by molar-refractivity contribution is 9.09. The third kappa shape index (κ3) is 4.16. The van der Waals surface area contributed by atoms with Crippen molar-refractivity contribution in [3.63, 3.8) is 0 Å². The summed E-state index contributed by atoms with van der Waals surface area (Å²) in [5.74, 6) is 1.06. The summed E-state index contributed by atoms with van der Waals surface area (Å²) in [4.78, 5) is 0.243. The number of ether oxygens (including phenoxy) is 1. The standard InChI is InChI=1S/C21H25BrF2O/c1-3-18(22)15-6-10-17-14(12-15)7-11-19(20(17)21(23)24)25-16-8-4-13(2)5-9-16/h6-7,10-13,16,18,21H,3-5,8-9H2,1-2H3. The molecule has 0 spiro atoms. The Morgan fingerprint density at radius 3 is 2.48 bits per heavy atom. The molecule has 1 atom stereocenters. The number of fused-ring (bicyclic) bond motifs is 1. The summed E-state index contributed by atoms with van der Waals surface area (Å²) in [5, 5.41) is 1.44. The summed E-state index contributed by atoms with van der Waals surface area (Å²) in [7, 11) is 0. The maximum atomic E-state index is 13.8. The van der Waals surface area contributed by atoms with Crippen LogP contribution in [0.2, 0.25) is 0 Å². The largest absolute Gasteiger partial charge is 0.490 e. The van der Waals surface area contributed by atoms with E-state index in [-0.39, 0.29) is 16.5 Å². The van der Waals surface area contributed by atoms with Crippen LogP contribution in [0, 0.1) is 5.92 Å². The lowest BCUT2D eigenvalue weighted by atomic mass is 9.89. The molecule has 0 radical (unpaired) electrons. The van der Waals surface area contributed by atoms with Gasteiger partial charge in [0, 0.05) is 4.83 Å². The Morgan fingerprint density at radius 1 is 1.12 bits per heavy atom. The number of hydrogen-bond donors (Lipinski definition) is 0. The first-order valence-corrected chi connectivity index (χ1v) is 10.1. The van der Waals surface area contributed by atoms with Gasteiger partial charge in [-0.15, -0.1) is 0 Å². The molecule has 25 heavy (non-hydrogen) atoms. The van der Waals surface area contributed by atoms with E-state index in [1.54, 1.807) is 6.07 Å². The summed E-state index contributed by atoms with van der Waals surface area (Å²) >= 11 is 3.63. The molecular weight excluding hydrogens is 386 g/mol. The van der Waals surface area contributed by atoms with Gasteiger partial charge in [0.25, 0.3) is 6.43 Å². The molecule has 2 aromatic carbocycles. The second kappa shape index (κ2) is 8.03. The minimum Gasteiger partial charge on any atom is -0.490 e. The maximum Gasteiger partial charge on any atom is 0.268 e. The van der Waals surface area contributed by atoms with E-state index >= 15 is 0 Å². The van der Waals surface area contributed by atoms with Crippen molar-refractivity contribution in [3.8, 4) is 5.75 Å². The first-order valence-electron chi connectivity index (χ1n) is 9.15. The van der Waals surface area contributed by atoms with Crippen LogP contribution in [0.1, 0.15) is 68.3 Å².